The molecule has 4 heterocycles. The van der Waals surface area contributed by atoms with Crippen molar-refractivity contribution in [3.63, 3.8) is 0 Å². The van der Waals surface area contributed by atoms with Gasteiger partial charge in [0, 0.05) is 43.7 Å². The van der Waals surface area contributed by atoms with Gasteiger partial charge in [0.25, 0.3) is 11.5 Å². The van der Waals surface area contributed by atoms with Crippen LogP contribution in [0.5, 0.6) is 0 Å². The topological polar surface area (TPSA) is 81.2 Å². The van der Waals surface area contributed by atoms with Crippen LogP contribution in [0.25, 0.3) is 11.3 Å². The fraction of sp³-hybridized carbons (Fsp3) is 0.364. The van der Waals surface area contributed by atoms with Gasteiger partial charge in [-0.1, -0.05) is 0 Å². The summed E-state index contributed by atoms with van der Waals surface area (Å²) in [4.78, 5) is 35.6. The van der Waals surface area contributed by atoms with Crippen molar-refractivity contribution >= 4 is 5.91 Å². The van der Waals surface area contributed by atoms with Crippen molar-refractivity contribution in [2.75, 3.05) is 13.1 Å². The fourth-order valence-electron chi connectivity index (χ4n) is 3.85. The van der Waals surface area contributed by atoms with Crippen LogP contribution in [0.2, 0.25) is 0 Å². The maximum absolute atomic E-state index is 12.7. The number of carbonyl (C=O) groups excluding carboxylic acids is 1. The number of carbonyl (C=O) groups is 1. The zero-order chi connectivity index (χ0) is 20.4. The third-order valence-electron chi connectivity index (χ3n) is 5.46. The van der Waals surface area contributed by atoms with E-state index in [-0.39, 0.29) is 11.5 Å². The van der Waals surface area contributed by atoms with Crippen molar-refractivity contribution in [2.24, 2.45) is 5.92 Å². The second-order valence-corrected chi connectivity index (χ2v) is 7.57. The fourth-order valence-corrected chi connectivity index (χ4v) is 3.85. The third-order valence-corrected chi connectivity index (χ3v) is 5.46. The van der Waals surface area contributed by atoms with Gasteiger partial charge in [-0.05, 0) is 50.8 Å². The van der Waals surface area contributed by atoms with Crippen molar-refractivity contribution < 1.29 is 9.21 Å². The summed E-state index contributed by atoms with van der Waals surface area (Å²) in [5.74, 6) is 1.79. The van der Waals surface area contributed by atoms with Crippen molar-refractivity contribution in [1.29, 1.82) is 0 Å². The van der Waals surface area contributed by atoms with E-state index < -0.39 is 0 Å². The quantitative estimate of drug-likeness (QED) is 0.682. The Morgan fingerprint density at radius 2 is 2.03 bits per heavy atom. The number of likely N-dealkylation sites (tertiary alicyclic amines) is 1. The molecule has 7 nitrogen and oxygen atoms in total. The summed E-state index contributed by atoms with van der Waals surface area (Å²) in [6, 6.07) is 7.07. The highest BCUT2D eigenvalue weighted by atomic mass is 16.3. The van der Waals surface area contributed by atoms with Gasteiger partial charge < -0.3 is 9.32 Å². The second-order valence-electron chi connectivity index (χ2n) is 7.57. The van der Waals surface area contributed by atoms with Gasteiger partial charge in [-0.15, -0.1) is 0 Å². The van der Waals surface area contributed by atoms with Gasteiger partial charge >= 0.3 is 0 Å². The molecule has 0 bridgehead atoms. The Morgan fingerprint density at radius 1 is 1.24 bits per heavy atom. The summed E-state index contributed by atoms with van der Waals surface area (Å²) >= 11 is 0. The molecule has 3 aromatic rings. The monoisotopic (exact) mass is 392 g/mol. The molecule has 0 aliphatic carbocycles. The molecule has 29 heavy (non-hydrogen) atoms. The SMILES string of the molecule is Cc1cc(C(=O)N2CCC(Cn3cnc(-c4cccnc4)cc3=O)CC2)c(C)o1. The molecular weight excluding hydrogens is 368 g/mol. The van der Waals surface area contributed by atoms with Crippen LogP contribution in [0.1, 0.15) is 34.7 Å². The number of rotatable bonds is 4. The van der Waals surface area contributed by atoms with Gasteiger partial charge in [0.1, 0.15) is 11.5 Å². The summed E-state index contributed by atoms with van der Waals surface area (Å²) in [6.07, 6.45) is 6.72. The predicted molar refractivity (Wildman–Crippen MR) is 109 cm³/mol. The summed E-state index contributed by atoms with van der Waals surface area (Å²) in [5, 5.41) is 0. The first-order valence-corrected chi connectivity index (χ1v) is 9.84. The molecule has 0 saturated carbocycles. The number of amides is 1. The molecule has 1 aliphatic rings. The average molecular weight is 392 g/mol. The molecule has 1 fully saturated rings. The highest BCUT2D eigenvalue weighted by Crippen LogP contribution is 2.23. The third kappa shape index (κ3) is 4.13. The molecule has 1 aliphatic heterocycles. The molecule has 0 radical (unpaired) electrons. The zero-order valence-electron chi connectivity index (χ0n) is 16.7. The van der Waals surface area contributed by atoms with E-state index >= 15 is 0 Å². The van der Waals surface area contributed by atoms with Crippen LogP contribution >= 0.6 is 0 Å². The molecule has 150 valence electrons. The molecule has 0 atom stereocenters. The van der Waals surface area contributed by atoms with Gasteiger partial charge in [0.15, 0.2) is 0 Å². The minimum Gasteiger partial charge on any atom is -0.466 e. The Labute approximate surface area is 169 Å². The van der Waals surface area contributed by atoms with Crippen LogP contribution in [-0.4, -0.2) is 38.4 Å². The standard InChI is InChI=1S/C22H24N4O3/c1-15-10-19(16(2)29-15)22(28)25-8-5-17(6-9-25)13-26-14-24-20(11-21(26)27)18-4-3-7-23-12-18/h3-4,7,10-12,14,17H,5-6,8-9,13H2,1-2H3. The van der Waals surface area contributed by atoms with E-state index in [9.17, 15) is 9.59 Å². The maximum atomic E-state index is 12.7. The summed E-state index contributed by atoms with van der Waals surface area (Å²) < 4.78 is 7.14. The number of pyridine rings is 1. The van der Waals surface area contributed by atoms with Crippen molar-refractivity contribution in [3.05, 3.63) is 70.4 Å². The number of hydrogen-bond acceptors (Lipinski definition) is 5. The van der Waals surface area contributed by atoms with Gasteiger partial charge in [0.2, 0.25) is 0 Å². The van der Waals surface area contributed by atoms with Crippen LogP contribution in [0, 0.1) is 19.8 Å². The Morgan fingerprint density at radius 3 is 2.66 bits per heavy atom. The minimum atomic E-state index is -0.0677. The number of aromatic nitrogens is 3. The van der Waals surface area contributed by atoms with E-state index in [1.54, 1.807) is 35.4 Å². The van der Waals surface area contributed by atoms with Crippen molar-refractivity contribution in [3.8, 4) is 11.3 Å². The lowest BCUT2D eigenvalue weighted by atomic mass is 9.96. The lowest BCUT2D eigenvalue weighted by Gasteiger charge is -2.32. The Hall–Kier alpha value is -3.22. The lowest BCUT2D eigenvalue weighted by molar-refractivity contribution is 0.0680. The molecular formula is C22H24N4O3. The van der Waals surface area contributed by atoms with Gasteiger partial charge in [0.05, 0.1) is 17.6 Å². The first-order chi connectivity index (χ1) is 14.0. The smallest absolute Gasteiger partial charge is 0.257 e. The summed E-state index contributed by atoms with van der Waals surface area (Å²) in [6.45, 7) is 5.65. The minimum absolute atomic E-state index is 0.0254. The van der Waals surface area contributed by atoms with Gasteiger partial charge in [-0.2, -0.15) is 0 Å². The van der Waals surface area contributed by atoms with Gasteiger partial charge in [-0.25, -0.2) is 4.98 Å². The first kappa shape index (κ1) is 19.1. The van der Waals surface area contributed by atoms with E-state index in [4.69, 9.17) is 4.42 Å². The highest BCUT2D eigenvalue weighted by Gasteiger charge is 2.26. The number of nitrogens with zero attached hydrogens (tertiary/aromatic N) is 4. The number of aryl methyl sites for hydroxylation is 2. The molecule has 7 heteroatoms. The molecule has 3 aromatic heterocycles. The largest absolute Gasteiger partial charge is 0.466 e. The molecule has 0 N–H and O–H groups in total. The highest BCUT2D eigenvalue weighted by molar-refractivity contribution is 5.95. The van der Waals surface area contributed by atoms with Crippen LogP contribution < -0.4 is 5.56 Å². The first-order valence-electron chi connectivity index (χ1n) is 9.84. The van der Waals surface area contributed by atoms with Crippen LogP contribution in [0.15, 0.2) is 52.2 Å². The lowest BCUT2D eigenvalue weighted by Crippen LogP contribution is -2.40. The van der Waals surface area contributed by atoms with Crippen molar-refractivity contribution in [2.45, 2.75) is 33.2 Å². The average Bonchev–Trinajstić information content (AvgIpc) is 3.08. The molecule has 0 spiro atoms. The maximum Gasteiger partial charge on any atom is 0.257 e. The Kier molecular flexibility index (Phi) is 5.29. The van der Waals surface area contributed by atoms with Crippen LogP contribution in [-0.2, 0) is 6.54 Å². The number of furan rings is 1. The predicted octanol–water partition coefficient (Wildman–Crippen LogP) is 3.07. The van der Waals surface area contributed by atoms with Crippen LogP contribution in [0.3, 0.4) is 0 Å². The van der Waals surface area contributed by atoms with Crippen LogP contribution in [0.4, 0.5) is 0 Å². The van der Waals surface area contributed by atoms with Gasteiger partial charge in [-0.3, -0.25) is 19.1 Å². The van der Waals surface area contributed by atoms with E-state index in [1.807, 2.05) is 30.9 Å². The molecule has 1 saturated heterocycles. The van der Waals surface area contributed by atoms with E-state index in [1.165, 1.54) is 0 Å². The molecule has 0 aromatic carbocycles. The summed E-state index contributed by atoms with van der Waals surface area (Å²) in [7, 11) is 0. The molecule has 0 unspecified atom stereocenters. The Balaban J connectivity index is 1.38. The van der Waals surface area contributed by atoms with E-state index in [0.29, 0.717) is 42.6 Å². The van der Waals surface area contributed by atoms with Crippen molar-refractivity contribution in [1.82, 2.24) is 19.4 Å². The normalized spacial score (nSPS) is 14.9. The zero-order valence-corrected chi connectivity index (χ0v) is 16.7. The summed E-state index contributed by atoms with van der Waals surface area (Å²) in [5.41, 5.74) is 2.04. The number of piperidine rings is 1. The molecule has 1 amide bonds. The van der Waals surface area contributed by atoms with E-state index in [0.717, 1.165) is 24.2 Å². The second kappa shape index (κ2) is 8.03. The number of hydrogen-bond donors (Lipinski definition) is 0. The Bertz CT molecular complexity index is 1060. The molecule has 4 rings (SSSR count). The van der Waals surface area contributed by atoms with E-state index in [2.05, 4.69) is 9.97 Å².